The van der Waals surface area contributed by atoms with E-state index in [0.717, 1.165) is 6.42 Å². The van der Waals surface area contributed by atoms with Crippen LogP contribution in [0.5, 0.6) is 0 Å². The van der Waals surface area contributed by atoms with Gasteiger partial charge in [0.05, 0.1) is 20.3 Å². The number of hydrogen-bond acceptors (Lipinski definition) is 6. The third kappa shape index (κ3) is 5.52. The van der Waals surface area contributed by atoms with Crippen LogP contribution in [0.15, 0.2) is 29.6 Å². The Morgan fingerprint density at radius 1 is 1.26 bits per heavy atom. The van der Waals surface area contributed by atoms with Crippen LogP contribution in [0.1, 0.15) is 23.7 Å². The maximum atomic E-state index is 12.4. The molecule has 0 bridgehead atoms. The van der Waals surface area contributed by atoms with Gasteiger partial charge in [-0.15, -0.1) is 11.3 Å². The first-order chi connectivity index (χ1) is 13.0. The van der Waals surface area contributed by atoms with E-state index in [1.807, 2.05) is 30.0 Å². The van der Waals surface area contributed by atoms with E-state index >= 15 is 0 Å². The van der Waals surface area contributed by atoms with Crippen LogP contribution in [-0.2, 0) is 9.53 Å². The summed E-state index contributed by atoms with van der Waals surface area (Å²) in [5.74, 6) is -0.795. The topological polar surface area (TPSA) is 78.9 Å². The monoisotopic (exact) mass is 410 g/mol. The van der Waals surface area contributed by atoms with E-state index in [1.165, 1.54) is 18.4 Å². The molecule has 0 spiro atoms. The number of nitrogens with zero attached hydrogens (tertiary/aromatic N) is 1. The van der Waals surface area contributed by atoms with Gasteiger partial charge in [-0.3, -0.25) is 9.69 Å². The minimum absolute atomic E-state index is 0.0175. The van der Waals surface area contributed by atoms with Crippen LogP contribution in [0.2, 0.25) is 5.02 Å². The molecule has 0 saturated carbocycles. The van der Waals surface area contributed by atoms with E-state index in [4.69, 9.17) is 21.4 Å². The average molecular weight is 411 g/mol. The lowest BCUT2D eigenvalue weighted by molar-refractivity contribution is -0.117. The predicted octanol–water partition coefficient (Wildman–Crippen LogP) is 3.50. The Kier molecular flexibility index (Phi) is 8.24. The molecule has 0 fully saturated rings. The number of hydrogen-bond donors (Lipinski definition) is 2. The second kappa shape index (κ2) is 10.4. The van der Waals surface area contributed by atoms with E-state index in [2.05, 4.69) is 5.32 Å². The van der Waals surface area contributed by atoms with E-state index in [1.54, 1.807) is 11.4 Å². The first-order valence-electron chi connectivity index (χ1n) is 8.59. The number of nitrogens with one attached hydrogen (secondary N) is 1. The highest BCUT2D eigenvalue weighted by Gasteiger charge is 2.23. The molecule has 0 aliphatic heterocycles. The number of aliphatic hydroxyl groups is 1. The number of amides is 1. The van der Waals surface area contributed by atoms with Gasteiger partial charge in [-0.05, 0) is 19.0 Å². The van der Waals surface area contributed by atoms with Crippen LogP contribution in [0.25, 0.3) is 11.1 Å². The quantitative estimate of drug-likeness (QED) is 0.618. The maximum Gasteiger partial charge on any atom is 0.341 e. The highest BCUT2D eigenvalue weighted by Crippen LogP contribution is 2.39. The van der Waals surface area contributed by atoms with Gasteiger partial charge in [0.1, 0.15) is 10.6 Å². The summed E-state index contributed by atoms with van der Waals surface area (Å²) in [4.78, 5) is 26.7. The lowest BCUT2D eigenvalue weighted by Gasteiger charge is -2.19. The third-order valence-corrected chi connectivity index (χ3v) is 5.15. The Balaban J connectivity index is 2.28. The van der Waals surface area contributed by atoms with Crippen molar-refractivity contribution in [3.8, 4) is 11.1 Å². The number of aliphatic hydroxyl groups excluding tert-OH is 1. The van der Waals surface area contributed by atoms with E-state index in [9.17, 15) is 9.59 Å². The minimum atomic E-state index is -0.540. The summed E-state index contributed by atoms with van der Waals surface area (Å²) in [5.41, 5.74) is 1.60. The highest BCUT2D eigenvalue weighted by molar-refractivity contribution is 7.15. The van der Waals surface area contributed by atoms with Crippen molar-refractivity contribution in [2.24, 2.45) is 0 Å². The van der Waals surface area contributed by atoms with Crippen molar-refractivity contribution in [2.75, 3.05) is 38.7 Å². The molecule has 0 aliphatic rings. The molecule has 2 rings (SSSR count). The molecule has 0 aliphatic carbocycles. The largest absolute Gasteiger partial charge is 0.465 e. The molecule has 0 unspecified atom stereocenters. The van der Waals surface area contributed by atoms with Crippen LogP contribution >= 0.6 is 22.9 Å². The highest BCUT2D eigenvalue weighted by atomic mass is 35.5. The van der Waals surface area contributed by atoms with Crippen molar-refractivity contribution in [1.29, 1.82) is 0 Å². The molecule has 1 aromatic carbocycles. The number of methoxy groups -OCH3 is 1. The molecule has 1 amide bonds. The summed E-state index contributed by atoms with van der Waals surface area (Å²) in [6, 6.07) is 7.19. The smallest absolute Gasteiger partial charge is 0.341 e. The van der Waals surface area contributed by atoms with Crippen molar-refractivity contribution in [3.63, 3.8) is 0 Å². The van der Waals surface area contributed by atoms with Gasteiger partial charge in [-0.1, -0.05) is 36.7 Å². The first-order valence-corrected chi connectivity index (χ1v) is 9.85. The third-order valence-electron chi connectivity index (χ3n) is 3.92. The fourth-order valence-electron chi connectivity index (χ4n) is 2.73. The van der Waals surface area contributed by atoms with Crippen LogP contribution in [-0.4, -0.2) is 55.2 Å². The Morgan fingerprint density at radius 3 is 2.63 bits per heavy atom. The Morgan fingerprint density at radius 2 is 2.00 bits per heavy atom. The molecule has 2 N–H and O–H groups in total. The molecule has 1 heterocycles. The normalized spacial score (nSPS) is 10.9. The summed E-state index contributed by atoms with van der Waals surface area (Å²) in [6.07, 6.45) is 0.871. The number of esters is 1. The number of carbonyl (C=O) groups is 2. The number of rotatable bonds is 9. The maximum absolute atomic E-state index is 12.4. The fourth-order valence-corrected chi connectivity index (χ4v) is 3.93. The molecule has 1 aromatic heterocycles. The van der Waals surface area contributed by atoms with Crippen molar-refractivity contribution in [3.05, 3.63) is 40.2 Å². The Labute approximate surface area is 167 Å². The van der Waals surface area contributed by atoms with Crippen LogP contribution in [0.4, 0.5) is 5.00 Å². The second-order valence-corrected chi connectivity index (χ2v) is 7.16. The van der Waals surface area contributed by atoms with E-state index in [-0.39, 0.29) is 24.6 Å². The second-order valence-electron chi connectivity index (χ2n) is 5.87. The van der Waals surface area contributed by atoms with Crippen molar-refractivity contribution < 1.29 is 19.4 Å². The lowest BCUT2D eigenvalue weighted by atomic mass is 10.0. The SMILES string of the molecule is CCCN(CCO)CC(=O)Nc1scc(-c2ccccc2Cl)c1C(=O)OC. The molecule has 8 heteroatoms. The number of halogens is 1. The average Bonchev–Trinajstić information content (AvgIpc) is 3.05. The molecular formula is C19H23ClN2O4S. The van der Waals surface area contributed by atoms with Gasteiger partial charge in [0.15, 0.2) is 0 Å². The van der Waals surface area contributed by atoms with Crippen molar-refractivity contribution >= 4 is 39.8 Å². The summed E-state index contributed by atoms with van der Waals surface area (Å²) in [5, 5.41) is 14.6. The molecular weight excluding hydrogens is 388 g/mol. The molecule has 146 valence electrons. The van der Waals surface area contributed by atoms with Gasteiger partial charge in [0, 0.05) is 28.1 Å². The van der Waals surface area contributed by atoms with Crippen LogP contribution in [0, 0.1) is 0 Å². The first kappa shape index (κ1) is 21.4. The minimum Gasteiger partial charge on any atom is -0.465 e. The number of ether oxygens (including phenoxy) is 1. The van der Waals surface area contributed by atoms with Gasteiger partial charge >= 0.3 is 5.97 Å². The summed E-state index contributed by atoms with van der Waals surface area (Å²) < 4.78 is 4.91. The molecule has 2 aromatic rings. The number of thiophene rings is 1. The van der Waals surface area contributed by atoms with Gasteiger partial charge in [-0.2, -0.15) is 0 Å². The molecule has 0 saturated heterocycles. The Hall–Kier alpha value is -1.93. The summed E-state index contributed by atoms with van der Waals surface area (Å²) in [7, 11) is 1.30. The number of carbonyl (C=O) groups excluding carboxylic acids is 2. The van der Waals surface area contributed by atoms with Gasteiger partial charge in [0.2, 0.25) is 5.91 Å². The lowest BCUT2D eigenvalue weighted by Crippen LogP contribution is -2.35. The van der Waals surface area contributed by atoms with Crippen molar-refractivity contribution in [1.82, 2.24) is 4.90 Å². The predicted molar refractivity (Wildman–Crippen MR) is 109 cm³/mol. The van der Waals surface area contributed by atoms with E-state index in [0.29, 0.717) is 34.2 Å². The fraction of sp³-hybridized carbons (Fsp3) is 0.368. The van der Waals surface area contributed by atoms with Gasteiger partial charge in [0.25, 0.3) is 0 Å². The summed E-state index contributed by atoms with van der Waals surface area (Å²) >= 11 is 7.51. The van der Waals surface area contributed by atoms with Gasteiger partial charge in [-0.25, -0.2) is 4.79 Å². The van der Waals surface area contributed by atoms with Crippen molar-refractivity contribution in [2.45, 2.75) is 13.3 Å². The Bertz CT molecular complexity index is 788. The molecule has 0 radical (unpaired) electrons. The van der Waals surface area contributed by atoms with Crippen LogP contribution in [0.3, 0.4) is 0 Å². The zero-order chi connectivity index (χ0) is 19.8. The zero-order valence-corrected chi connectivity index (χ0v) is 16.9. The summed E-state index contributed by atoms with van der Waals surface area (Å²) in [6.45, 7) is 3.24. The molecule has 6 nitrogen and oxygen atoms in total. The van der Waals surface area contributed by atoms with E-state index < -0.39 is 5.97 Å². The van der Waals surface area contributed by atoms with Gasteiger partial charge < -0.3 is 15.2 Å². The number of benzene rings is 1. The van der Waals surface area contributed by atoms with Crippen LogP contribution < -0.4 is 5.32 Å². The standard InChI is InChI=1S/C19H23ClN2O4S/c1-3-8-22(9-10-23)11-16(24)21-18-17(19(25)26-2)14(12-27-18)13-6-4-5-7-15(13)20/h4-7,12,23H,3,8-11H2,1-2H3,(H,21,24). The zero-order valence-electron chi connectivity index (χ0n) is 15.3. The molecule has 27 heavy (non-hydrogen) atoms. The number of anilines is 1. The molecule has 0 atom stereocenters.